The number of hydrogen-bond donors (Lipinski definition) is 3. The number of hydrogen-bond acceptors (Lipinski definition) is 5. The van der Waals surface area contributed by atoms with Gasteiger partial charge in [-0.1, -0.05) is 0 Å². The third kappa shape index (κ3) is 13.4. The average molecular weight is 486 g/mol. The van der Waals surface area contributed by atoms with Gasteiger partial charge >= 0.3 is 6.09 Å². The Kier molecular flexibility index (Phi) is 13.8. The zero-order chi connectivity index (χ0) is 18.5. The Labute approximate surface area is 174 Å². The fraction of sp³-hybridized carbons (Fsp3) is 0.882. The van der Waals surface area contributed by atoms with Gasteiger partial charge < -0.3 is 30.2 Å². The van der Waals surface area contributed by atoms with E-state index >= 15 is 0 Å². The Hall–Kier alpha value is -0.810. The molecule has 26 heavy (non-hydrogen) atoms. The molecule has 1 unspecified atom stereocenters. The van der Waals surface area contributed by atoms with Crippen LogP contribution in [0.15, 0.2) is 4.99 Å². The average Bonchev–Trinajstić information content (AvgIpc) is 3.04. The molecule has 1 saturated heterocycles. The lowest BCUT2D eigenvalue weighted by Gasteiger charge is -2.19. The molecule has 0 radical (unpaired) electrons. The summed E-state index contributed by atoms with van der Waals surface area (Å²) >= 11 is 0. The molecular formula is C17H35IN4O4. The molecule has 0 spiro atoms. The van der Waals surface area contributed by atoms with Crippen molar-refractivity contribution in [1.82, 2.24) is 16.0 Å². The summed E-state index contributed by atoms with van der Waals surface area (Å²) in [5.41, 5.74) is -0.469. The molecule has 1 fully saturated rings. The first-order valence-electron chi connectivity index (χ1n) is 9.01. The minimum absolute atomic E-state index is 0. The van der Waals surface area contributed by atoms with Crippen LogP contribution < -0.4 is 16.0 Å². The molecule has 0 aromatic heterocycles. The van der Waals surface area contributed by atoms with E-state index in [9.17, 15) is 4.79 Å². The maximum Gasteiger partial charge on any atom is 0.407 e. The highest BCUT2D eigenvalue weighted by atomic mass is 127. The molecule has 0 aliphatic carbocycles. The number of rotatable bonds is 9. The fourth-order valence-corrected chi connectivity index (χ4v) is 2.19. The molecule has 1 amide bonds. The minimum Gasteiger partial charge on any atom is -0.444 e. The number of amides is 1. The van der Waals surface area contributed by atoms with Crippen LogP contribution in [-0.2, 0) is 14.2 Å². The summed E-state index contributed by atoms with van der Waals surface area (Å²) in [4.78, 5) is 15.7. The van der Waals surface area contributed by atoms with Crippen LogP contribution in [0.3, 0.4) is 0 Å². The third-order valence-electron chi connectivity index (χ3n) is 3.39. The van der Waals surface area contributed by atoms with Gasteiger partial charge in [-0.25, -0.2) is 4.79 Å². The van der Waals surface area contributed by atoms with Crippen LogP contribution in [0.4, 0.5) is 4.79 Å². The van der Waals surface area contributed by atoms with Gasteiger partial charge in [-0.3, -0.25) is 4.99 Å². The highest BCUT2D eigenvalue weighted by Gasteiger charge is 2.16. The monoisotopic (exact) mass is 486 g/mol. The molecule has 154 valence electrons. The van der Waals surface area contributed by atoms with E-state index in [1.165, 1.54) is 0 Å². The van der Waals surface area contributed by atoms with Crippen LogP contribution in [-0.4, -0.2) is 70.3 Å². The standard InChI is InChI=1S/C17H34N4O4.HI/c1-17(2,3)25-16(22)21-9-5-8-19-15(18-4)20-10-6-11-24-14-7-12-23-13-14;/h14H,5-13H2,1-4H3,(H,21,22)(H2,18,19,20);1H. The number of ether oxygens (including phenoxy) is 3. The molecule has 0 aromatic carbocycles. The van der Waals surface area contributed by atoms with Gasteiger partial charge in [0.05, 0.1) is 12.7 Å². The summed E-state index contributed by atoms with van der Waals surface area (Å²) in [6, 6.07) is 0. The molecule has 1 aliphatic heterocycles. The number of halogens is 1. The Bertz CT molecular complexity index is 410. The van der Waals surface area contributed by atoms with Gasteiger partial charge in [0.15, 0.2) is 5.96 Å². The van der Waals surface area contributed by atoms with E-state index in [0.717, 1.165) is 45.0 Å². The van der Waals surface area contributed by atoms with Crippen LogP contribution in [0.5, 0.6) is 0 Å². The van der Waals surface area contributed by atoms with Crippen molar-refractivity contribution in [3.05, 3.63) is 0 Å². The Morgan fingerprint density at radius 2 is 1.81 bits per heavy atom. The van der Waals surface area contributed by atoms with Gasteiger partial charge in [-0.15, -0.1) is 24.0 Å². The third-order valence-corrected chi connectivity index (χ3v) is 3.39. The lowest BCUT2D eigenvalue weighted by molar-refractivity contribution is 0.0420. The van der Waals surface area contributed by atoms with E-state index in [0.29, 0.717) is 19.7 Å². The van der Waals surface area contributed by atoms with Crippen LogP contribution >= 0.6 is 24.0 Å². The molecule has 1 rings (SSSR count). The first-order chi connectivity index (χ1) is 11.9. The highest BCUT2D eigenvalue weighted by Crippen LogP contribution is 2.08. The molecule has 1 heterocycles. The topological polar surface area (TPSA) is 93.2 Å². The van der Waals surface area contributed by atoms with E-state index < -0.39 is 5.60 Å². The van der Waals surface area contributed by atoms with Gasteiger partial charge in [-0.2, -0.15) is 0 Å². The van der Waals surface area contributed by atoms with Crippen molar-refractivity contribution < 1.29 is 19.0 Å². The second-order valence-corrected chi connectivity index (χ2v) is 6.92. The van der Waals surface area contributed by atoms with Crippen molar-refractivity contribution in [3.8, 4) is 0 Å². The largest absolute Gasteiger partial charge is 0.444 e. The molecular weight excluding hydrogens is 451 g/mol. The molecule has 1 aliphatic rings. The maximum absolute atomic E-state index is 11.5. The molecule has 1 atom stereocenters. The van der Waals surface area contributed by atoms with Gasteiger partial charge in [-0.05, 0) is 40.0 Å². The van der Waals surface area contributed by atoms with Crippen molar-refractivity contribution in [1.29, 1.82) is 0 Å². The van der Waals surface area contributed by atoms with Crippen molar-refractivity contribution >= 4 is 36.0 Å². The number of aliphatic imine (C=N–C) groups is 1. The quantitative estimate of drug-likeness (QED) is 0.200. The number of carbonyl (C=O) groups is 1. The number of alkyl carbamates (subject to hydrolysis) is 1. The summed E-state index contributed by atoms with van der Waals surface area (Å²) in [7, 11) is 1.74. The van der Waals surface area contributed by atoms with Crippen molar-refractivity contribution in [2.45, 2.75) is 51.7 Å². The van der Waals surface area contributed by atoms with Crippen molar-refractivity contribution in [2.75, 3.05) is 46.5 Å². The van der Waals surface area contributed by atoms with Crippen LogP contribution in [0.2, 0.25) is 0 Å². The first-order valence-corrected chi connectivity index (χ1v) is 9.01. The molecule has 0 aromatic rings. The number of nitrogens with one attached hydrogen (secondary N) is 3. The van der Waals surface area contributed by atoms with Crippen LogP contribution in [0.25, 0.3) is 0 Å². The Balaban J connectivity index is 0.00000625. The fourth-order valence-electron chi connectivity index (χ4n) is 2.19. The van der Waals surface area contributed by atoms with Crippen LogP contribution in [0.1, 0.15) is 40.0 Å². The van der Waals surface area contributed by atoms with E-state index in [4.69, 9.17) is 14.2 Å². The maximum atomic E-state index is 11.5. The second-order valence-electron chi connectivity index (χ2n) is 6.92. The number of nitrogens with zero attached hydrogens (tertiary/aromatic N) is 1. The van der Waals surface area contributed by atoms with E-state index in [1.54, 1.807) is 7.05 Å². The van der Waals surface area contributed by atoms with Gasteiger partial charge in [0, 0.05) is 39.9 Å². The summed E-state index contributed by atoms with van der Waals surface area (Å²) in [6.07, 6.45) is 2.56. The SMILES string of the molecule is CN=C(NCCCNC(=O)OC(C)(C)C)NCCCOC1CCOC1.I. The van der Waals surface area contributed by atoms with Crippen LogP contribution in [0, 0.1) is 0 Å². The Morgan fingerprint density at radius 3 is 2.38 bits per heavy atom. The first kappa shape index (κ1) is 25.2. The van der Waals surface area contributed by atoms with E-state index in [2.05, 4.69) is 20.9 Å². The highest BCUT2D eigenvalue weighted by molar-refractivity contribution is 14.0. The number of guanidine groups is 1. The van der Waals surface area contributed by atoms with E-state index in [1.807, 2.05) is 20.8 Å². The predicted octanol–water partition coefficient (Wildman–Crippen LogP) is 1.88. The minimum atomic E-state index is -0.469. The summed E-state index contributed by atoms with van der Waals surface area (Å²) in [5, 5.41) is 9.18. The molecule has 8 nitrogen and oxygen atoms in total. The molecule has 9 heteroatoms. The van der Waals surface area contributed by atoms with Gasteiger partial charge in [0.1, 0.15) is 5.60 Å². The smallest absolute Gasteiger partial charge is 0.407 e. The normalized spacial score (nSPS) is 17.4. The molecule has 3 N–H and O–H groups in total. The van der Waals surface area contributed by atoms with Gasteiger partial charge in [0.25, 0.3) is 0 Å². The summed E-state index contributed by atoms with van der Waals surface area (Å²) in [5.74, 6) is 0.751. The van der Waals surface area contributed by atoms with Crippen molar-refractivity contribution in [2.24, 2.45) is 4.99 Å². The lowest BCUT2D eigenvalue weighted by Crippen LogP contribution is -2.39. The molecule has 0 bridgehead atoms. The van der Waals surface area contributed by atoms with Gasteiger partial charge in [0.2, 0.25) is 0 Å². The Morgan fingerprint density at radius 1 is 1.15 bits per heavy atom. The van der Waals surface area contributed by atoms with Crippen molar-refractivity contribution in [3.63, 3.8) is 0 Å². The zero-order valence-corrected chi connectivity index (χ0v) is 18.8. The molecule has 0 saturated carbocycles. The zero-order valence-electron chi connectivity index (χ0n) is 16.4. The number of carbonyl (C=O) groups excluding carboxylic acids is 1. The van der Waals surface area contributed by atoms with E-state index in [-0.39, 0.29) is 36.2 Å². The summed E-state index contributed by atoms with van der Waals surface area (Å²) < 4.78 is 16.2. The predicted molar refractivity (Wildman–Crippen MR) is 113 cm³/mol. The lowest BCUT2D eigenvalue weighted by atomic mass is 10.2. The second kappa shape index (κ2) is 14.3. The summed E-state index contributed by atoms with van der Waals surface area (Å²) in [6.45, 7) is 9.84.